The van der Waals surface area contributed by atoms with Crippen LogP contribution in [0.3, 0.4) is 0 Å². The minimum absolute atomic E-state index is 0.665. The van der Waals surface area contributed by atoms with Crippen LogP contribution in [0, 0.1) is 0 Å². The van der Waals surface area contributed by atoms with Crippen molar-refractivity contribution in [3.8, 4) is 0 Å². The van der Waals surface area contributed by atoms with Gasteiger partial charge in [0.05, 0.1) is 0 Å². The van der Waals surface area contributed by atoms with E-state index in [4.69, 9.17) is 0 Å². The molecule has 0 bridgehead atoms. The lowest BCUT2D eigenvalue weighted by Crippen LogP contribution is -2.37. The summed E-state index contributed by atoms with van der Waals surface area (Å²) >= 11 is 5.48. The van der Waals surface area contributed by atoms with Gasteiger partial charge >= 0.3 is 0 Å². The van der Waals surface area contributed by atoms with Crippen LogP contribution in [0.4, 0.5) is 0 Å². The van der Waals surface area contributed by atoms with Gasteiger partial charge in [0.2, 0.25) is 0 Å². The van der Waals surface area contributed by atoms with Gasteiger partial charge < -0.3 is 5.32 Å². The minimum Gasteiger partial charge on any atom is -0.313 e. The van der Waals surface area contributed by atoms with E-state index in [1.165, 1.54) is 34.9 Å². The average molecular weight is 314 g/mol. The summed E-state index contributed by atoms with van der Waals surface area (Å²) in [5.41, 5.74) is 3.05. The van der Waals surface area contributed by atoms with Crippen LogP contribution in [0.15, 0.2) is 22.7 Å². The van der Waals surface area contributed by atoms with Gasteiger partial charge in [-0.25, -0.2) is 0 Å². The number of nitrogens with one attached hydrogen (secondary N) is 1. The summed E-state index contributed by atoms with van der Waals surface area (Å²) in [6.07, 6.45) is 5.84. The number of halogens is 1. The lowest BCUT2D eigenvalue weighted by Gasteiger charge is -2.26. The molecule has 0 saturated carbocycles. The highest BCUT2D eigenvalue weighted by atomic mass is 79.9. The molecule has 0 fully saturated rings. The zero-order valence-corrected chi connectivity index (χ0v) is 12.9. The first kappa shape index (κ1) is 13.4. The van der Waals surface area contributed by atoms with Gasteiger partial charge in [-0.1, -0.05) is 28.9 Å². The van der Waals surface area contributed by atoms with Crippen molar-refractivity contribution >= 4 is 27.7 Å². The Labute approximate surface area is 117 Å². The molecule has 0 saturated heterocycles. The van der Waals surface area contributed by atoms with Gasteiger partial charge in [0.25, 0.3) is 0 Å². The first-order valence-electron chi connectivity index (χ1n) is 6.22. The van der Waals surface area contributed by atoms with E-state index < -0.39 is 0 Å². The summed E-state index contributed by atoms with van der Waals surface area (Å²) < 4.78 is 1.21. The Morgan fingerprint density at radius 2 is 2.29 bits per heavy atom. The smallest absolute Gasteiger partial charge is 0.0178 e. The Morgan fingerprint density at radius 3 is 3.06 bits per heavy atom. The standard InChI is InChI=1S/C14H20BrNS/c1-10(17-2)9-16-14-6-4-11-7-13(15)5-3-12(11)8-14/h3,5,7,10,14,16H,4,6,8-9H2,1-2H3. The zero-order chi connectivity index (χ0) is 12.3. The summed E-state index contributed by atoms with van der Waals surface area (Å²) in [7, 11) is 0. The largest absolute Gasteiger partial charge is 0.313 e. The van der Waals surface area contributed by atoms with Gasteiger partial charge in [0.15, 0.2) is 0 Å². The molecule has 0 spiro atoms. The predicted molar refractivity (Wildman–Crippen MR) is 80.9 cm³/mol. The quantitative estimate of drug-likeness (QED) is 0.910. The first-order chi connectivity index (χ1) is 8.19. The Kier molecular flexibility index (Phi) is 4.95. The maximum absolute atomic E-state index is 3.70. The average Bonchev–Trinajstić information content (AvgIpc) is 2.35. The fourth-order valence-electron chi connectivity index (χ4n) is 2.31. The van der Waals surface area contributed by atoms with Crippen molar-refractivity contribution in [3.05, 3.63) is 33.8 Å². The molecule has 1 nitrogen and oxygen atoms in total. The summed E-state index contributed by atoms with van der Waals surface area (Å²) in [5, 5.41) is 4.40. The molecule has 2 unspecified atom stereocenters. The monoisotopic (exact) mass is 313 g/mol. The SMILES string of the molecule is CSC(C)CNC1CCc2cc(Br)ccc2C1. The highest BCUT2D eigenvalue weighted by Gasteiger charge is 2.18. The Balaban J connectivity index is 1.92. The van der Waals surface area contributed by atoms with E-state index in [0.717, 1.165) is 6.54 Å². The molecule has 1 N–H and O–H groups in total. The second-order valence-corrected chi connectivity index (χ2v) is 7.00. The zero-order valence-electron chi connectivity index (χ0n) is 10.5. The lowest BCUT2D eigenvalue weighted by molar-refractivity contribution is 0.461. The maximum Gasteiger partial charge on any atom is 0.0178 e. The van der Waals surface area contributed by atoms with E-state index in [-0.39, 0.29) is 0 Å². The molecule has 0 radical (unpaired) electrons. The molecule has 17 heavy (non-hydrogen) atoms. The van der Waals surface area contributed by atoms with Crippen LogP contribution < -0.4 is 5.32 Å². The number of rotatable bonds is 4. The number of hydrogen-bond acceptors (Lipinski definition) is 2. The van der Waals surface area contributed by atoms with E-state index in [2.05, 4.69) is 52.6 Å². The highest BCUT2D eigenvalue weighted by molar-refractivity contribution is 9.10. The van der Waals surface area contributed by atoms with E-state index in [1.807, 2.05) is 11.8 Å². The number of aryl methyl sites for hydroxylation is 1. The summed E-state index contributed by atoms with van der Waals surface area (Å²) in [5.74, 6) is 0. The van der Waals surface area contributed by atoms with E-state index in [9.17, 15) is 0 Å². The van der Waals surface area contributed by atoms with Crippen LogP contribution in [0.1, 0.15) is 24.5 Å². The lowest BCUT2D eigenvalue weighted by atomic mass is 9.88. The van der Waals surface area contributed by atoms with Crippen LogP contribution >= 0.6 is 27.7 Å². The maximum atomic E-state index is 3.70. The van der Waals surface area contributed by atoms with Crippen molar-refractivity contribution in [2.45, 2.75) is 37.5 Å². The number of hydrogen-bond donors (Lipinski definition) is 1. The number of thioether (sulfide) groups is 1. The van der Waals surface area contributed by atoms with E-state index >= 15 is 0 Å². The summed E-state index contributed by atoms with van der Waals surface area (Å²) in [6.45, 7) is 3.41. The van der Waals surface area contributed by atoms with Crippen LogP contribution in [0.25, 0.3) is 0 Å². The number of benzene rings is 1. The summed E-state index contributed by atoms with van der Waals surface area (Å²) in [4.78, 5) is 0. The van der Waals surface area contributed by atoms with Gasteiger partial charge in [-0.05, 0) is 48.8 Å². The fraction of sp³-hybridized carbons (Fsp3) is 0.571. The molecular formula is C14H20BrNS. The molecule has 0 heterocycles. The first-order valence-corrected chi connectivity index (χ1v) is 8.30. The van der Waals surface area contributed by atoms with Crippen molar-refractivity contribution in [3.63, 3.8) is 0 Å². The highest BCUT2D eigenvalue weighted by Crippen LogP contribution is 2.24. The van der Waals surface area contributed by atoms with Crippen LogP contribution in [0.5, 0.6) is 0 Å². The third-order valence-corrected chi connectivity index (χ3v) is 4.96. The van der Waals surface area contributed by atoms with Gasteiger partial charge in [0, 0.05) is 22.3 Å². The Bertz CT molecular complexity index is 380. The van der Waals surface area contributed by atoms with Crippen LogP contribution in [-0.2, 0) is 12.8 Å². The molecule has 1 aliphatic carbocycles. The van der Waals surface area contributed by atoms with Crippen molar-refractivity contribution in [2.75, 3.05) is 12.8 Å². The molecule has 1 aromatic carbocycles. The van der Waals surface area contributed by atoms with Crippen molar-refractivity contribution < 1.29 is 0 Å². The second kappa shape index (κ2) is 6.26. The van der Waals surface area contributed by atoms with Gasteiger partial charge in [-0.2, -0.15) is 11.8 Å². The topological polar surface area (TPSA) is 12.0 Å². The second-order valence-electron chi connectivity index (χ2n) is 4.81. The molecule has 0 aliphatic heterocycles. The van der Waals surface area contributed by atoms with Gasteiger partial charge in [0.1, 0.15) is 0 Å². The van der Waals surface area contributed by atoms with Crippen LogP contribution in [-0.4, -0.2) is 24.1 Å². The molecule has 0 amide bonds. The van der Waals surface area contributed by atoms with Gasteiger partial charge in [-0.3, -0.25) is 0 Å². The van der Waals surface area contributed by atoms with E-state index in [0.29, 0.717) is 11.3 Å². The molecule has 3 heteroatoms. The van der Waals surface area contributed by atoms with Crippen molar-refractivity contribution in [2.24, 2.45) is 0 Å². The predicted octanol–water partition coefficient (Wildman–Crippen LogP) is 3.65. The molecular weight excluding hydrogens is 294 g/mol. The molecule has 1 aliphatic rings. The molecule has 94 valence electrons. The Morgan fingerprint density at radius 1 is 1.47 bits per heavy atom. The Hall–Kier alpha value is 0.01000. The van der Waals surface area contributed by atoms with Crippen molar-refractivity contribution in [1.29, 1.82) is 0 Å². The van der Waals surface area contributed by atoms with Crippen molar-refractivity contribution in [1.82, 2.24) is 5.32 Å². The van der Waals surface area contributed by atoms with Crippen LogP contribution in [0.2, 0.25) is 0 Å². The number of fused-ring (bicyclic) bond motifs is 1. The fourth-order valence-corrected chi connectivity index (χ4v) is 2.99. The normalized spacial score (nSPS) is 21.0. The third kappa shape index (κ3) is 3.73. The molecule has 2 atom stereocenters. The van der Waals surface area contributed by atoms with E-state index in [1.54, 1.807) is 0 Å². The summed E-state index contributed by atoms with van der Waals surface area (Å²) in [6, 6.07) is 7.37. The minimum atomic E-state index is 0.665. The van der Waals surface area contributed by atoms with Gasteiger partial charge in [-0.15, -0.1) is 0 Å². The molecule has 2 rings (SSSR count). The molecule has 1 aromatic rings. The molecule has 0 aromatic heterocycles. The third-order valence-electron chi connectivity index (χ3n) is 3.49.